The Kier molecular flexibility index (Phi) is 7.02. The number of fused-ring (bicyclic) bond motifs is 1. The average Bonchev–Trinajstić information content (AvgIpc) is 3.13. The zero-order chi connectivity index (χ0) is 23.0. The Hall–Kier alpha value is -1.78. The molecule has 1 aliphatic heterocycles. The van der Waals surface area contributed by atoms with E-state index in [0.29, 0.717) is 10.5 Å². The van der Waals surface area contributed by atoms with Crippen LogP contribution in [0.25, 0.3) is 10.9 Å². The van der Waals surface area contributed by atoms with E-state index in [1.54, 1.807) is 22.9 Å². The molecule has 4 rings (SSSR count). The number of aliphatic hydroxyl groups excluding tert-OH is 4. The van der Waals surface area contributed by atoms with Crippen molar-refractivity contribution in [1.82, 2.24) is 4.57 Å². The third-order valence-electron chi connectivity index (χ3n) is 5.34. The summed E-state index contributed by atoms with van der Waals surface area (Å²) < 4.78 is 13.1. The molecule has 0 amide bonds. The fraction of sp³-hybridized carbons (Fsp3) is 0.391. The van der Waals surface area contributed by atoms with Gasteiger partial charge in [-0.3, -0.25) is 0 Å². The fourth-order valence-corrected chi connectivity index (χ4v) is 5.15. The summed E-state index contributed by atoms with van der Waals surface area (Å²) in [6.07, 6.45) is -4.41. The van der Waals surface area contributed by atoms with E-state index in [1.165, 1.54) is 11.8 Å². The van der Waals surface area contributed by atoms with Gasteiger partial charge in [-0.2, -0.15) is 0 Å². The van der Waals surface area contributed by atoms with Crippen LogP contribution in [0, 0.1) is 0 Å². The zero-order valence-corrected chi connectivity index (χ0v) is 19.2. The zero-order valence-electron chi connectivity index (χ0n) is 17.6. The van der Waals surface area contributed by atoms with Crippen LogP contribution in [0.4, 0.5) is 0 Å². The lowest BCUT2D eigenvalue weighted by atomic mass is 9.98. The first-order valence-corrected chi connectivity index (χ1v) is 11.5. The molecule has 2 heterocycles. The number of benzene rings is 2. The molecule has 0 bridgehead atoms. The molecule has 1 saturated heterocycles. The van der Waals surface area contributed by atoms with Crippen molar-refractivity contribution in [1.29, 1.82) is 0 Å². The molecule has 4 N–H and O–H groups in total. The standard InChI is InChI=1S/C23H26ClNO6S/c1-12(2)30-13-6-8-14(9-7-13)32-18-10-25(16-5-3-4-15(24)19(16)18)23-22(29)21(28)20(27)17(11-26)31-23/h3-10,12,17,20-23,26-29H,11H2,1-2H3/t17-,20-,21+,22-,23-/m1/s1. The number of rotatable bonds is 6. The van der Waals surface area contributed by atoms with Gasteiger partial charge in [-0.15, -0.1) is 0 Å². The second-order valence-corrected chi connectivity index (χ2v) is 9.52. The predicted octanol–water partition coefficient (Wildman–Crippen LogP) is 3.21. The molecule has 1 aliphatic rings. The first-order chi connectivity index (χ1) is 15.3. The molecule has 0 radical (unpaired) electrons. The number of halogens is 1. The summed E-state index contributed by atoms with van der Waals surface area (Å²) in [6, 6.07) is 13.1. The predicted molar refractivity (Wildman–Crippen MR) is 122 cm³/mol. The van der Waals surface area contributed by atoms with E-state index >= 15 is 0 Å². The van der Waals surface area contributed by atoms with Crippen molar-refractivity contribution in [3.63, 3.8) is 0 Å². The van der Waals surface area contributed by atoms with Gasteiger partial charge in [0, 0.05) is 21.4 Å². The molecular formula is C23H26ClNO6S. The van der Waals surface area contributed by atoms with Gasteiger partial charge in [-0.25, -0.2) is 0 Å². The van der Waals surface area contributed by atoms with Crippen LogP contribution in [0.3, 0.4) is 0 Å². The maximum Gasteiger partial charge on any atom is 0.163 e. The molecule has 0 unspecified atom stereocenters. The molecule has 2 aromatic carbocycles. The number of hydrogen-bond acceptors (Lipinski definition) is 7. The summed E-state index contributed by atoms with van der Waals surface area (Å²) in [7, 11) is 0. The van der Waals surface area contributed by atoms with Gasteiger partial charge in [0.15, 0.2) is 6.23 Å². The van der Waals surface area contributed by atoms with E-state index in [-0.39, 0.29) is 6.10 Å². The second kappa shape index (κ2) is 9.61. The van der Waals surface area contributed by atoms with Crippen LogP contribution in [0.1, 0.15) is 20.1 Å². The normalized spacial score (nSPS) is 26.1. The van der Waals surface area contributed by atoms with Crippen molar-refractivity contribution in [2.24, 2.45) is 0 Å². The highest BCUT2D eigenvalue weighted by molar-refractivity contribution is 7.99. The van der Waals surface area contributed by atoms with Gasteiger partial charge in [0.25, 0.3) is 0 Å². The molecule has 7 nitrogen and oxygen atoms in total. The van der Waals surface area contributed by atoms with E-state index in [9.17, 15) is 20.4 Å². The smallest absolute Gasteiger partial charge is 0.163 e. The minimum absolute atomic E-state index is 0.0869. The summed E-state index contributed by atoms with van der Waals surface area (Å²) in [5.74, 6) is 0.783. The lowest BCUT2D eigenvalue weighted by Gasteiger charge is -2.40. The summed E-state index contributed by atoms with van der Waals surface area (Å²) in [6.45, 7) is 3.45. The number of ether oxygens (including phenoxy) is 2. The molecule has 0 aliphatic carbocycles. The van der Waals surface area contributed by atoms with Crippen molar-refractivity contribution in [3.8, 4) is 5.75 Å². The molecule has 172 valence electrons. The average molecular weight is 480 g/mol. The minimum atomic E-state index is -1.47. The van der Waals surface area contributed by atoms with E-state index in [0.717, 1.165) is 20.9 Å². The maximum absolute atomic E-state index is 10.6. The van der Waals surface area contributed by atoms with Gasteiger partial charge in [0.1, 0.15) is 30.2 Å². The van der Waals surface area contributed by atoms with Crippen LogP contribution in [-0.4, -0.2) is 62.1 Å². The van der Waals surface area contributed by atoms with Gasteiger partial charge in [-0.05, 0) is 50.2 Å². The lowest BCUT2D eigenvalue weighted by Crippen LogP contribution is -2.56. The Morgan fingerprint density at radius 1 is 1.06 bits per heavy atom. The van der Waals surface area contributed by atoms with E-state index in [1.807, 2.05) is 44.2 Å². The lowest BCUT2D eigenvalue weighted by molar-refractivity contribution is -0.250. The fourth-order valence-electron chi connectivity index (χ4n) is 3.82. The summed E-state index contributed by atoms with van der Waals surface area (Å²) >= 11 is 8.02. The van der Waals surface area contributed by atoms with Crippen LogP contribution in [0.5, 0.6) is 5.75 Å². The summed E-state index contributed by atoms with van der Waals surface area (Å²) in [4.78, 5) is 1.80. The monoisotopic (exact) mass is 479 g/mol. The molecule has 5 atom stereocenters. The summed E-state index contributed by atoms with van der Waals surface area (Å²) in [5.41, 5.74) is 0.698. The van der Waals surface area contributed by atoms with Crippen molar-refractivity contribution in [2.45, 2.75) is 60.4 Å². The number of hydrogen-bond donors (Lipinski definition) is 4. The quantitative estimate of drug-likeness (QED) is 0.430. The summed E-state index contributed by atoms with van der Waals surface area (Å²) in [5, 5.41) is 41.8. The third kappa shape index (κ3) is 4.49. The minimum Gasteiger partial charge on any atom is -0.491 e. The molecule has 9 heteroatoms. The first-order valence-electron chi connectivity index (χ1n) is 10.3. The SMILES string of the molecule is CC(C)Oc1ccc(Sc2cn([C@@H]3O[C@H](CO)[C@@H](O)[C@H](O)[C@H]3O)c3cccc(Cl)c23)cc1. The van der Waals surface area contributed by atoms with Crippen LogP contribution in [-0.2, 0) is 4.74 Å². The topological polar surface area (TPSA) is 104 Å². The van der Waals surface area contributed by atoms with Gasteiger partial charge < -0.3 is 34.5 Å². The number of aliphatic hydroxyl groups is 4. The van der Waals surface area contributed by atoms with Crippen molar-refractivity contribution in [3.05, 3.63) is 53.7 Å². The Bertz CT molecular complexity index is 1070. The largest absolute Gasteiger partial charge is 0.491 e. The Labute approximate surface area is 195 Å². The molecule has 0 spiro atoms. The highest BCUT2D eigenvalue weighted by Gasteiger charge is 2.44. The number of aromatic nitrogens is 1. The van der Waals surface area contributed by atoms with Crippen molar-refractivity contribution in [2.75, 3.05) is 6.61 Å². The van der Waals surface area contributed by atoms with Crippen LogP contribution in [0.15, 0.2) is 58.5 Å². The molecule has 3 aromatic rings. The van der Waals surface area contributed by atoms with E-state index in [4.69, 9.17) is 21.1 Å². The Morgan fingerprint density at radius 3 is 2.44 bits per heavy atom. The van der Waals surface area contributed by atoms with Gasteiger partial charge in [-0.1, -0.05) is 29.4 Å². The van der Waals surface area contributed by atoms with Crippen LogP contribution in [0.2, 0.25) is 5.02 Å². The van der Waals surface area contributed by atoms with Gasteiger partial charge in [0.2, 0.25) is 0 Å². The maximum atomic E-state index is 10.6. The van der Waals surface area contributed by atoms with Gasteiger partial charge >= 0.3 is 0 Å². The third-order valence-corrected chi connectivity index (χ3v) is 6.69. The number of nitrogens with zero attached hydrogens (tertiary/aromatic N) is 1. The van der Waals surface area contributed by atoms with Gasteiger partial charge in [0.05, 0.1) is 23.3 Å². The highest BCUT2D eigenvalue weighted by atomic mass is 35.5. The van der Waals surface area contributed by atoms with E-state index < -0.39 is 37.3 Å². The van der Waals surface area contributed by atoms with Crippen LogP contribution < -0.4 is 4.74 Å². The molecule has 1 fully saturated rings. The molecule has 1 aromatic heterocycles. The van der Waals surface area contributed by atoms with E-state index in [2.05, 4.69) is 0 Å². The second-order valence-electron chi connectivity index (χ2n) is 7.99. The van der Waals surface area contributed by atoms with Crippen LogP contribution >= 0.6 is 23.4 Å². The highest BCUT2D eigenvalue weighted by Crippen LogP contribution is 2.42. The molecule has 32 heavy (non-hydrogen) atoms. The molecule has 0 saturated carbocycles. The molecular weight excluding hydrogens is 454 g/mol. The van der Waals surface area contributed by atoms with Crippen molar-refractivity contribution < 1.29 is 29.9 Å². The Balaban J connectivity index is 1.71. The Morgan fingerprint density at radius 2 is 1.78 bits per heavy atom. The first kappa shape index (κ1) is 23.4. The van der Waals surface area contributed by atoms with Crippen molar-refractivity contribution >= 4 is 34.3 Å².